The van der Waals surface area contributed by atoms with Crippen molar-refractivity contribution in [1.82, 2.24) is 0 Å². The summed E-state index contributed by atoms with van der Waals surface area (Å²) in [5.41, 5.74) is 3.45. The molecular formula is C20H30. The third-order valence-electron chi connectivity index (χ3n) is 5.59. The quantitative estimate of drug-likeness (QED) is 0.534. The van der Waals surface area contributed by atoms with Crippen LogP contribution in [0.3, 0.4) is 0 Å². The van der Waals surface area contributed by atoms with Gasteiger partial charge in [0.1, 0.15) is 0 Å². The van der Waals surface area contributed by atoms with Gasteiger partial charge in [0.25, 0.3) is 0 Å². The second kappa shape index (κ2) is 7.29. The number of rotatable bonds is 2. The first-order valence-corrected chi connectivity index (χ1v) is 9.04. The summed E-state index contributed by atoms with van der Waals surface area (Å²) in [6.45, 7) is 0. The summed E-state index contributed by atoms with van der Waals surface area (Å²) in [6, 6.07) is 9.47. The molecule has 2 saturated carbocycles. The molecule has 0 unspecified atom stereocenters. The first-order chi connectivity index (χ1) is 9.95. The third kappa shape index (κ3) is 3.45. The summed E-state index contributed by atoms with van der Waals surface area (Å²) in [7, 11) is 0. The fourth-order valence-corrected chi connectivity index (χ4v) is 4.44. The first-order valence-electron chi connectivity index (χ1n) is 9.04. The standard InChI is InChI=1S/C20H30/c1-2-6-12-17(11-5-1)19-15-9-10-16-20(19)18-13-7-3-4-8-14-18/h9-10,15-18H,1-8,11-14H2. The van der Waals surface area contributed by atoms with Crippen molar-refractivity contribution in [3.05, 3.63) is 35.4 Å². The van der Waals surface area contributed by atoms with Crippen LogP contribution in [0.5, 0.6) is 0 Å². The van der Waals surface area contributed by atoms with E-state index in [0.717, 1.165) is 11.8 Å². The highest BCUT2D eigenvalue weighted by molar-refractivity contribution is 5.33. The van der Waals surface area contributed by atoms with E-state index in [4.69, 9.17) is 0 Å². The van der Waals surface area contributed by atoms with Gasteiger partial charge in [0, 0.05) is 0 Å². The molecular weight excluding hydrogens is 240 g/mol. The molecule has 0 spiro atoms. The Morgan fingerprint density at radius 1 is 0.500 bits per heavy atom. The Hall–Kier alpha value is -0.780. The minimum Gasteiger partial charge on any atom is -0.0620 e. The van der Waals surface area contributed by atoms with E-state index in [2.05, 4.69) is 24.3 Å². The molecule has 0 heterocycles. The Kier molecular flexibility index (Phi) is 5.17. The van der Waals surface area contributed by atoms with E-state index in [1.807, 2.05) is 0 Å². The maximum Gasteiger partial charge on any atom is -0.0159 e. The molecule has 2 aliphatic rings. The predicted molar refractivity (Wildman–Crippen MR) is 87.3 cm³/mol. The first kappa shape index (κ1) is 14.2. The van der Waals surface area contributed by atoms with Crippen molar-refractivity contribution in [3.63, 3.8) is 0 Å². The average molecular weight is 270 g/mol. The van der Waals surface area contributed by atoms with E-state index in [1.165, 1.54) is 77.0 Å². The highest BCUT2D eigenvalue weighted by Crippen LogP contribution is 2.39. The lowest BCUT2D eigenvalue weighted by Gasteiger charge is -2.24. The van der Waals surface area contributed by atoms with Crippen LogP contribution < -0.4 is 0 Å². The van der Waals surface area contributed by atoms with E-state index >= 15 is 0 Å². The SMILES string of the molecule is c1ccc(C2CCCCCC2)c(C2CCCCCC2)c1. The van der Waals surface area contributed by atoms with E-state index in [0.29, 0.717) is 0 Å². The molecule has 0 radical (unpaired) electrons. The van der Waals surface area contributed by atoms with Crippen LogP contribution in [-0.2, 0) is 0 Å². The molecule has 20 heavy (non-hydrogen) atoms. The highest BCUT2D eigenvalue weighted by atomic mass is 14.3. The number of hydrogen-bond donors (Lipinski definition) is 0. The zero-order chi connectivity index (χ0) is 13.6. The minimum absolute atomic E-state index is 0.858. The van der Waals surface area contributed by atoms with E-state index in [9.17, 15) is 0 Å². The topological polar surface area (TPSA) is 0 Å². The molecule has 0 aliphatic heterocycles. The van der Waals surface area contributed by atoms with Gasteiger partial charge >= 0.3 is 0 Å². The molecule has 110 valence electrons. The lowest BCUT2D eigenvalue weighted by Crippen LogP contribution is -2.06. The average Bonchev–Trinajstić information content (AvgIpc) is 2.92. The van der Waals surface area contributed by atoms with Crippen LogP contribution in [0.25, 0.3) is 0 Å². The largest absolute Gasteiger partial charge is 0.0620 e. The summed E-state index contributed by atoms with van der Waals surface area (Å²) in [5, 5.41) is 0. The summed E-state index contributed by atoms with van der Waals surface area (Å²) in [5.74, 6) is 1.72. The van der Waals surface area contributed by atoms with Gasteiger partial charge in [-0.2, -0.15) is 0 Å². The summed E-state index contributed by atoms with van der Waals surface area (Å²) >= 11 is 0. The van der Waals surface area contributed by atoms with Crippen LogP contribution in [-0.4, -0.2) is 0 Å². The maximum atomic E-state index is 2.45. The van der Waals surface area contributed by atoms with Gasteiger partial charge in [-0.15, -0.1) is 0 Å². The van der Waals surface area contributed by atoms with Crippen molar-refractivity contribution in [2.75, 3.05) is 0 Å². The fraction of sp³-hybridized carbons (Fsp3) is 0.700. The fourth-order valence-electron chi connectivity index (χ4n) is 4.44. The highest BCUT2D eigenvalue weighted by Gasteiger charge is 2.22. The second-order valence-corrected chi connectivity index (χ2v) is 7.01. The zero-order valence-corrected chi connectivity index (χ0v) is 12.9. The van der Waals surface area contributed by atoms with Crippen molar-refractivity contribution in [2.24, 2.45) is 0 Å². The zero-order valence-electron chi connectivity index (χ0n) is 12.9. The molecule has 0 atom stereocenters. The van der Waals surface area contributed by atoms with Gasteiger partial charge in [0.2, 0.25) is 0 Å². The Morgan fingerprint density at radius 3 is 1.20 bits per heavy atom. The normalized spacial score (nSPS) is 23.2. The molecule has 1 aromatic rings. The smallest absolute Gasteiger partial charge is 0.0159 e. The van der Waals surface area contributed by atoms with Gasteiger partial charge in [0.05, 0.1) is 0 Å². The van der Waals surface area contributed by atoms with E-state index in [-0.39, 0.29) is 0 Å². The van der Waals surface area contributed by atoms with Crippen molar-refractivity contribution < 1.29 is 0 Å². The summed E-state index contributed by atoms with van der Waals surface area (Å²) < 4.78 is 0. The van der Waals surface area contributed by atoms with Crippen LogP contribution >= 0.6 is 0 Å². The van der Waals surface area contributed by atoms with Crippen molar-refractivity contribution in [1.29, 1.82) is 0 Å². The van der Waals surface area contributed by atoms with Crippen molar-refractivity contribution in [2.45, 2.75) is 88.9 Å². The van der Waals surface area contributed by atoms with Gasteiger partial charge in [-0.25, -0.2) is 0 Å². The van der Waals surface area contributed by atoms with Gasteiger partial charge in [-0.05, 0) is 48.6 Å². The van der Waals surface area contributed by atoms with Gasteiger partial charge in [0.15, 0.2) is 0 Å². The van der Waals surface area contributed by atoms with Crippen LogP contribution in [0, 0.1) is 0 Å². The molecule has 1 aromatic carbocycles. The van der Waals surface area contributed by atoms with Gasteiger partial charge in [-0.1, -0.05) is 75.6 Å². The molecule has 0 N–H and O–H groups in total. The van der Waals surface area contributed by atoms with E-state index in [1.54, 1.807) is 11.1 Å². The summed E-state index contributed by atoms with van der Waals surface area (Å²) in [6.07, 6.45) is 17.4. The Labute approximate surface area is 125 Å². The molecule has 0 amide bonds. The molecule has 0 saturated heterocycles. The lowest BCUT2D eigenvalue weighted by molar-refractivity contribution is 0.550. The van der Waals surface area contributed by atoms with Crippen LogP contribution in [0.15, 0.2) is 24.3 Å². The van der Waals surface area contributed by atoms with Crippen LogP contribution in [0.1, 0.15) is 100 Å². The maximum absolute atomic E-state index is 2.45. The van der Waals surface area contributed by atoms with Gasteiger partial charge < -0.3 is 0 Å². The van der Waals surface area contributed by atoms with Crippen LogP contribution in [0.2, 0.25) is 0 Å². The van der Waals surface area contributed by atoms with Crippen molar-refractivity contribution in [3.8, 4) is 0 Å². The van der Waals surface area contributed by atoms with Crippen LogP contribution in [0.4, 0.5) is 0 Å². The molecule has 3 rings (SSSR count). The van der Waals surface area contributed by atoms with Gasteiger partial charge in [-0.3, -0.25) is 0 Å². The second-order valence-electron chi connectivity index (χ2n) is 7.01. The van der Waals surface area contributed by atoms with Crippen molar-refractivity contribution >= 4 is 0 Å². The molecule has 0 heteroatoms. The summed E-state index contributed by atoms with van der Waals surface area (Å²) in [4.78, 5) is 0. The Bertz CT molecular complexity index is 351. The Morgan fingerprint density at radius 2 is 0.850 bits per heavy atom. The van der Waals surface area contributed by atoms with E-state index < -0.39 is 0 Å². The number of benzene rings is 1. The molecule has 2 fully saturated rings. The predicted octanol–water partition coefficient (Wildman–Crippen LogP) is 6.56. The lowest BCUT2D eigenvalue weighted by atomic mass is 9.81. The number of hydrogen-bond acceptors (Lipinski definition) is 0. The monoisotopic (exact) mass is 270 g/mol. The molecule has 0 bridgehead atoms. The molecule has 2 aliphatic carbocycles. The molecule has 0 nitrogen and oxygen atoms in total. The third-order valence-corrected chi connectivity index (χ3v) is 5.59. The molecule has 0 aromatic heterocycles. The minimum atomic E-state index is 0.858. The Balaban J connectivity index is 1.82.